The van der Waals surface area contributed by atoms with Gasteiger partial charge in [0.2, 0.25) is 5.91 Å². The minimum absolute atomic E-state index is 0.0468. The summed E-state index contributed by atoms with van der Waals surface area (Å²) in [5.41, 5.74) is 4.50. The summed E-state index contributed by atoms with van der Waals surface area (Å²) in [6.45, 7) is 5.77. The summed E-state index contributed by atoms with van der Waals surface area (Å²) < 4.78 is 0. The number of aryl methyl sites for hydroxylation is 2. The molecule has 0 saturated heterocycles. The second kappa shape index (κ2) is 20.6. The molecular weight excluding hydrogens is 713 g/mol. The Labute approximate surface area is 328 Å². The Morgan fingerprint density at radius 3 is 1.93 bits per heavy atom. The van der Waals surface area contributed by atoms with E-state index in [0.717, 1.165) is 42.4 Å². The van der Waals surface area contributed by atoms with Crippen molar-refractivity contribution < 1.29 is 34.2 Å². The Morgan fingerprint density at radius 1 is 0.696 bits per heavy atom. The number of nitrogens with one attached hydrogen (secondary N) is 2. The van der Waals surface area contributed by atoms with Gasteiger partial charge in [-0.05, 0) is 90.9 Å². The van der Waals surface area contributed by atoms with E-state index in [1.807, 2.05) is 56.6 Å². The van der Waals surface area contributed by atoms with Crippen LogP contribution in [0, 0.1) is 0 Å². The van der Waals surface area contributed by atoms with Crippen molar-refractivity contribution in [2.45, 2.75) is 65.0 Å². The molecule has 4 N–H and O–H groups in total. The van der Waals surface area contributed by atoms with Gasteiger partial charge >= 0.3 is 11.9 Å². The van der Waals surface area contributed by atoms with Crippen LogP contribution in [0.15, 0.2) is 84.9 Å². The fourth-order valence-electron chi connectivity index (χ4n) is 6.26. The summed E-state index contributed by atoms with van der Waals surface area (Å²) in [4.78, 5) is 72.1. The number of aromatic carboxylic acids is 1. The molecule has 0 bridgehead atoms. The van der Waals surface area contributed by atoms with Crippen molar-refractivity contribution in [1.82, 2.24) is 14.8 Å². The molecule has 0 unspecified atom stereocenters. The van der Waals surface area contributed by atoms with Crippen molar-refractivity contribution >= 4 is 46.9 Å². The van der Waals surface area contributed by atoms with Gasteiger partial charge in [0.05, 0.1) is 17.7 Å². The summed E-state index contributed by atoms with van der Waals surface area (Å²) >= 11 is 0. The normalized spacial score (nSPS) is 11.0. The molecule has 3 amide bonds. The maximum Gasteiger partial charge on any atom is 0.335 e. The van der Waals surface area contributed by atoms with Crippen LogP contribution in [0.25, 0.3) is 0 Å². The molecule has 13 nitrogen and oxygen atoms in total. The van der Waals surface area contributed by atoms with Gasteiger partial charge in [-0.3, -0.25) is 24.1 Å². The molecule has 3 aromatic carbocycles. The Morgan fingerprint density at radius 2 is 1.34 bits per heavy atom. The zero-order valence-corrected chi connectivity index (χ0v) is 32.7. The largest absolute Gasteiger partial charge is 0.481 e. The number of amides is 3. The highest BCUT2D eigenvalue weighted by Gasteiger charge is 2.21. The number of carbonyl (C=O) groups excluding carboxylic acids is 3. The first kappa shape index (κ1) is 42.7. The van der Waals surface area contributed by atoms with Gasteiger partial charge in [0, 0.05) is 64.5 Å². The van der Waals surface area contributed by atoms with Crippen LogP contribution in [-0.2, 0) is 29.0 Å². The number of nitrogens with zero attached hydrogens (tertiary/aromatic N) is 4. The van der Waals surface area contributed by atoms with Crippen molar-refractivity contribution in [1.29, 1.82) is 0 Å². The molecule has 0 aliphatic heterocycles. The monoisotopic (exact) mass is 764 g/mol. The van der Waals surface area contributed by atoms with E-state index < -0.39 is 23.8 Å². The van der Waals surface area contributed by atoms with E-state index >= 15 is 0 Å². The molecule has 0 aliphatic carbocycles. The third-order valence-electron chi connectivity index (χ3n) is 9.65. The summed E-state index contributed by atoms with van der Waals surface area (Å²) in [5, 5.41) is 23.9. The smallest absolute Gasteiger partial charge is 0.335 e. The molecule has 0 saturated carbocycles. The second-order valence-electron chi connectivity index (χ2n) is 13.9. The van der Waals surface area contributed by atoms with Crippen molar-refractivity contribution in [3.63, 3.8) is 0 Å². The number of hydrogen-bond donors (Lipinski definition) is 4. The van der Waals surface area contributed by atoms with Crippen molar-refractivity contribution in [2.24, 2.45) is 0 Å². The number of carboxylic acids is 2. The Kier molecular flexibility index (Phi) is 15.7. The lowest BCUT2D eigenvalue weighted by Crippen LogP contribution is -2.41. The number of hydrogen-bond acceptors (Lipinski definition) is 8. The molecule has 296 valence electrons. The van der Waals surface area contributed by atoms with Gasteiger partial charge in [-0.15, -0.1) is 0 Å². The van der Waals surface area contributed by atoms with E-state index in [2.05, 4.69) is 34.4 Å². The van der Waals surface area contributed by atoms with Crippen LogP contribution in [0.3, 0.4) is 0 Å². The van der Waals surface area contributed by atoms with Crippen molar-refractivity contribution in [2.75, 3.05) is 49.8 Å². The lowest BCUT2D eigenvalue weighted by molar-refractivity contribution is -0.140. The number of carboxylic acid groups (broad SMARTS) is 2. The maximum absolute atomic E-state index is 13.7. The highest BCUT2D eigenvalue weighted by Crippen LogP contribution is 2.23. The van der Waals surface area contributed by atoms with E-state index in [1.54, 1.807) is 59.3 Å². The van der Waals surface area contributed by atoms with Gasteiger partial charge in [0.15, 0.2) is 5.69 Å². The summed E-state index contributed by atoms with van der Waals surface area (Å²) in [6.07, 6.45) is 2.99. The van der Waals surface area contributed by atoms with Crippen LogP contribution < -0.4 is 15.5 Å². The van der Waals surface area contributed by atoms with E-state index in [1.165, 1.54) is 0 Å². The zero-order valence-electron chi connectivity index (χ0n) is 32.7. The van der Waals surface area contributed by atoms with Gasteiger partial charge in [0.1, 0.15) is 5.82 Å². The van der Waals surface area contributed by atoms with Gasteiger partial charge in [-0.25, -0.2) is 9.78 Å². The molecule has 56 heavy (non-hydrogen) atoms. The topological polar surface area (TPSA) is 172 Å². The Hall–Kier alpha value is -6.08. The molecule has 0 spiro atoms. The van der Waals surface area contributed by atoms with Crippen molar-refractivity contribution in [3.8, 4) is 0 Å². The predicted octanol–water partition coefficient (Wildman–Crippen LogP) is 6.45. The summed E-state index contributed by atoms with van der Waals surface area (Å²) in [7, 11) is 5.31. The zero-order chi connectivity index (χ0) is 40.8. The first-order valence-corrected chi connectivity index (χ1v) is 18.8. The third-order valence-corrected chi connectivity index (χ3v) is 9.65. The third kappa shape index (κ3) is 12.5. The minimum Gasteiger partial charge on any atom is -0.481 e. The number of pyridine rings is 1. The van der Waals surface area contributed by atoms with E-state index in [4.69, 9.17) is 10.2 Å². The first-order chi connectivity index (χ1) is 26.8. The summed E-state index contributed by atoms with van der Waals surface area (Å²) in [6, 6.07) is 25.2. The van der Waals surface area contributed by atoms with Crippen LogP contribution in [0.5, 0.6) is 0 Å². The molecule has 0 fully saturated rings. The molecule has 4 aromatic rings. The molecule has 13 heteroatoms. The van der Waals surface area contributed by atoms with E-state index in [9.17, 15) is 24.0 Å². The molecule has 1 heterocycles. The minimum atomic E-state index is -1.00. The van der Waals surface area contributed by atoms with Crippen LogP contribution in [0.4, 0.5) is 17.2 Å². The summed E-state index contributed by atoms with van der Waals surface area (Å²) in [5.74, 6) is -2.53. The molecule has 0 radical (unpaired) electrons. The molecule has 1 aromatic heterocycles. The lowest BCUT2D eigenvalue weighted by Gasteiger charge is -2.32. The van der Waals surface area contributed by atoms with Crippen LogP contribution >= 0.6 is 0 Å². The number of anilines is 3. The number of benzene rings is 3. The first-order valence-electron chi connectivity index (χ1n) is 18.8. The number of likely N-dealkylation sites (N-methyl/N-ethyl adjacent to an activating group) is 1. The van der Waals surface area contributed by atoms with Crippen molar-refractivity contribution in [3.05, 3.63) is 118 Å². The highest BCUT2D eigenvalue weighted by atomic mass is 16.4. The van der Waals surface area contributed by atoms with Gasteiger partial charge in [-0.2, -0.15) is 0 Å². The van der Waals surface area contributed by atoms with Crippen LogP contribution in [0.1, 0.15) is 87.4 Å². The fraction of sp³-hybridized carbons (Fsp3) is 0.349. The number of aromatic nitrogens is 1. The average Bonchev–Trinajstić information content (AvgIpc) is 3.19. The average molecular weight is 765 g/mol. The second-order valence-corrected chi connectivity index (χ2v) is 13.9. The molecule has 0 aliphatic rings. The number of aliphatic carboxylic acids is 1. The Bertz CT molecular complexity index is 1980. The predicted molar refractivity (Wildman–Crippen MR) is 217 cm³/mol. The SMILES string of the molecule is CCC(CC)N(CCN(C)C(=O)CCC(=O)O)Cc1cccc(C(=O)Nc2ccc(N(C)C)nc2C(=O)Nc2ccc(CCc3ccc(C(=O)O)cc3)cc2)c1. The van der Waals surface area contributed by atoms with E-state index in [-0.39, 0.29) is 41.7 Å². The fourth-order valence-corrected chi connectivity index (χ4v) is 6.26. The van der Waals surface area contributed by atoms with Gasteiger partial charge in [0.25, 0.3) is 11.8 Å². The van der Waals surface area contributed by atoms with Crippen LogP contribution in [0.2, 0.25) is 0 Å². The molecule has 0 atom stereocenters. The number of rotatable bonds is 20. The quantitative estimate of drug-likeness (QED) is 0.0784. The van der Waals surface area contributed by atoms with Gasteiger partial charge in [-0.1, -0.05) is 50.2 Å². The van der Waals surface area contributed by atoms with Crippen LogP contribution in [-0.4, -0.2) is 94.9 Å². The van der Waals surface area contributed by atoms with E-state index in [0.29, 0.717) is 36.7 Å². The number of carbonyl (C=O) groups is 5. The standard InChI is InChI=1S/C43H52N6O7/c1-6-35(7-2)49(26-25-48(5)38(50)23-24-39(51)52)28-31-9-8-10-33(27-31)41(53)45-36-21-22-37(47(3)4)46-40(36)42(54)44-34-19-15-30(16-20-34)12-11-29-13-17-32(18-14-29)43(55)56/h8-10,13-22,27,35H,6-7,11-12,23-26,28H2,1-5H3,(H,44,54)(H,45,53)(H,51,52)(H,55,56). The van der Waals surface area contributed by atoms with Gasteiger partial charge < -0.3 is 30.6 Å². The maximum atomic E-state index is 13.7. The Balaban J connectivity index is 1.44. The highest BCUT2D eigenvalue weighted by molar-refractivity contribution is 6.11. The lowest BCUT2D eigenvalue weighted by atomic mass is 10.0. The molecule has 4 rings (SSSR count). The molecular formula is C43H52N6O7.